The molecule has 0 bridgehead atoms. The summed E-state index contributed by atoms with van der Waals surface area (Å²) in [5.41, 5.74) is 0.546. The van der Waals surface area contributed by atoms with Crippen LogP contribution in [0.1, 0.15) is 32.8 Å². The van der Waals surface area contributed by atoms with Gasteiger partial charge < -0.3 is 15.1 Å². The highest BCUT2D eigenvalue weighted by Gasteiger charge is 2.30. The van der Waals surface area contributed by atoms with Crippen molar-refractivity contribution in [2.24, 2.45) is 5.41 Å². The van der Waals surface area contributed by atoms with E-state index in [1.807, 2.05) is 31.7 Å². The van der Waals surface area contributed by atoms with E-state index in [1.165, 1.54) is 12.1 Å². The lowest BCUT2D eigenvalue weighted by atomic mass is 9.94. The third kappa shape index (κ3) is 5.73. The summed E-state index contributed by atoms with van der Waals surface area (Å²) in [5.74, 6) is -0.105. The highest BCUT2D eigenvalue weighted by molar-refractivity contribution is 5.82. The Morgan fingerprint density at radius 1 is 1.12 bits per heavy atom. The summed E-state index contributed by atoms with van der Waals surface area (Å²) in [5, 5.41) is 2.90. The lowest BCUT2D eigenvalue weighted by molar-refractivity contribution is -0.140. The van der Waals surface area contributed by atoms with E-state index in [9.17, 15) is 14.0 Å². The first-order chi connectivity index (χ1) is 11.8. The molecule has 25 heavy (non-hydrogen) atoms. The van der Waals surface area contributed by atoms with Crippen LogP contribution in [-0.2, 0) is 11.2 Å². The molecule has 2 rings (SSSR count). The van der Waals surface area contributed by atoms with Gasteiger partial charge in [-0.05, 0) is 30.5 Å². The molecular formula is C19H28FN3O2. The third-order valence-electron chi connectivity index (χ3n) is 4.30. The Labute approximate surface area is 149 Å². The third-order valence-corrected chi connectivity index (χ3v) is 4.30. The molecule has 1 saturated heterocycles. The summed E-state index contributed by atoms with van der Waals surface area (Å²) < 4.78 is 13.1. The van der Waals surface area contributed by atoms with Crippen LogP contribution in [0.15, 0.2) is 24.3 Å². The summed E-state index contributed by atoms with van der Waals surface area (Å²) in [6.07, 6.45) is 1.49. The first-order valence-corrected chi connectivity index (χ1v) is 8.84. The van der Waals surface area contributed by atoms with Crippen LogP contribution in [-0.4, -0.2) is 54.5 Å². The van der Waals surface area contributed by atoms with Gasteiger partial charge in [-0.3, -0.25) is 4.79 Å². The average molecular weight is 349 g/mol. The number of hydrogen-bond acceptors (Lipinski definition) is 2. The number of rotatable bonds is 4. The molecule has 6 heteroatoms. The van der Waals surface area contributed by atoms with Crippen molar-refractivity contribution in [1.29, 1.82) is 0 Å². The smallest absolute Gasteiger partial charge is 0.317 e. The fraction of sp³-hybridized carbons (Fsp3) is 0.579. The molecule has 1 N–H and O–H groups in total. The molecule has 1 aromatic carbocycles. The number of nitrogens with zero attached hydrogens (tertiary/aromatic N) is 2. The van der Waals surface area contributed by atoms with Gasteiger partial charge in [-0.25, -0.2) is 9.18 Å². The van der Waals surface area contributed by atoms with Crippen LogP contribution in [0.4, 0.5) is 9.18 Å². The number of piperazine rings is 1. The summed E-state index contributed by atoms with van der Waals surface area (Å²) in [6.45, 7) is 8.54. The van der Waals surface area contributed by atoms with Gasteiger partial charge in [0.25, 0.3) is 0 Å². The standard InChI is InChI=1S/C19H28FN3O2/c1-19(2,3)17(24)22-10-12-23(13-11-22)18(25)21-9-5-7-15-6-4-8-16(20)14-15/h4,6,8,14H,5,7,9-13H2,1-3H3,(H,21,25). The minimum Gasteiger partial charge on any atom is -0.339 e. The molecule has 3 amide bonds. The van der Waals surface area contributed by atoms with Crippen molar-refractivity contribution in [1.82, 2.24) is 15.1 Å². The summed E-state index contributed by atoms with van der Waals surface area (Å²) >= 11 is 0. The second-order valence-electron chi connectivity index (χ2n) is 7.49. The molecule has 0 radical (unpaired) electrons. The topological polar surface area (TPSA) is 52.7 Å². The van der Waals surface area contributed by atoms with Gasteiger partial charge in [0.15, 0.2) is 0 Å². The predicted octanol–water partition coefficient (Wildman–Crippen LogP) is 2.66. The lowest BCUT2D eigenvalue weighted by Gasteiger charge is -2.37. The number of benzene rings is 1. The number of urea groups is 1. The second kappa shape index (κ2) is 8.32. The molecule has 0 unspecified atom stereocenters. The molecule has 1 aliphatic rings. The average Bonchev–Trinajstić information content (AvgIpc) is 2.57. The number of aryl methyl sites for hydroxylation is 1. The van der Waals surface area contributed by atoms with Gasteiger partial charge in [0.05, 0.1) is 0 Å². The molecule has 1 aliphatic heterocycles. The van der Waals surface area contributed by atoms with Crippen LogP contribution in [0, 0.1) is 11.2 Å². The number of carbonyl (C=O) groups is 2. The van der Waals surface area contributed by atoms with Gasteiger partial charge in [0.1, 0.15) is 5.82 Å². The maximum atomic E-state index is 13.1. The second-order valence-corrected chi connectivity index (χ2v) is 7.49. The summed E-state index contributed by atoms with van der Waals surface area (Å²) in [6, 6.07) is 6.43. The van der Waals surface area contributed by atoms with Crippen molar-refractivity contribution < 1.29 is 14.0 Å². The number of carbonyl (C=O) groups excluding carboxylic acids is 2. The van der Waals surface area contributed by atoms with E-state index < -0.39 is 0 Å². The van der Waals surface area contributed by atoms with E-state index in [4.69, 9.17) is 0 Å². The van der Waals surface area contributed by atoms with Gasteiger partial charge in [-0.2, -0.15) is 0 Å². The van der Waals surface area contributed by atoms with Gasteiger partial charge in [0, 0.05) is 38.1 Å². The zero-order valence-corrected chi connectivity index (χ0v) is 15.3. The molecule has 5 nitrogen and oxygen atoms in total. The molecule has 1 aromatic rings. The maximum Gasteiger partial charge on any atom is 0.317 e. The molecule has 1 fully saturated rings. The van der Waals surface area contributed by atoms with Crippen LogP contribution in [0.2, 0.25) is 0 Å². The number of halogens is 1. The van der Waals surface area contributed by atoms with Crippen LogP contribution in [0.5, 0.6) is 0 Å². The fourth-order valence-corrected chi connectivity index (χ4v) is 2.88. The van der Waals surface area contributed by atoms with E-state index in [2.05, 4.69) is 5.32 Å². The van der Waals surface area contributed by atoms with E-state index in [0.717, 1.165) is 18.4 Å². The normalized spacial score (nSPS) is 15.2. The first-order valence-electron chi connectivity index (χ1n) is 8.84. The van der Waals surface area contributed by atoms with E-state index >= 15 is 0 Å². The van der Waals surface area contributed by atoms with E-state index in [1.54, 1.807) is 11.0 Å². The molecule has 0 aliphatic carbocycles. The highest BCUT2D eigenvalue weighted by atomic mass is 19.1. The maximum absolute atomic E-state index is 13.1. The molecule has 0 atom stereocenters. The SMILES string of the molecule is CC(C)(C)C(=O)N1CCN(C(=O)NCCCc2cccc(F)c2)CC1. The molecular weight excluding hydrogens is 321 g/mol. The molecule has 0 saturated carbocycles. The van der Waals surface area contributed by atoms with Crippen LogP contribution < -0.4 is 5.32 Å². The van der Waals surface area contributed by atoms with Crippen LogP contribution in [0.3, 0.4) is 0 Å². The van der Waals surface area contributed by atoms with E-state index in [-0.39, 0.29) is 23.2 Å². The molecule has 0 spiro atoms. The quantitative estimate of drug-likeness (QED) is 0.850. The van der Waals surface area contributed by atoms with Gasteiger partial charge in [-0.1, -0.05) is 32.9 Å². The largest absolute Gasteiger partial charge is 0.339 e. The van der Waals surface area contributed by atoms with Gasteiger partial charge in [-0.15, -0.1) is 0 Å². The Bertz CT molecular complexity index is 605. The Kier molecular flexibility index (Phi) is 6.39. The Morgan fingerprint density at radius 3 is 2.36 bits per heavy atom. The monoisotopic (exact) mass is 349 g/mol. The minimum absolute atomic E-state index is 0.0953. The summed E-state index contributed by atoms with van der Waals surface area (Å²) in [7, 11) is 0. The molecule has 1 heterocycles. The Morgan fingerprint density at radius 2 is 1.76 bits per heavy atom. The van der Waals surface area contributed by atoms with Crippen molar-refractivity contribution in [2.45, 2.75) is 33.6 Å². The minimum atomic E-state index is -0.388. The van der Waals surface area contributed by atoms with Gasteiger partial charge >= 0.3 is 6.03 Å². The molecule has 138 valence electrons. The molecule has 0 aromatic heterocycles. The van der Waals surface area contributed by atoms with Crippen LogP contribution >= 0.6 is 0 Å². The predicted molar refractivity (Wildman–Crippen MR) is 95.7 cm³/mol. The summed E-state index contributed by atoms with van der Waals surface area (Å²) in [4.78, 5) is 28.0. The first kappa shape index (κ1) is 19.2. The van der Waals surface area contributed by atoms with Crippen molar-refractivity contribution >= 4 is 11.9 Å². The van der Waals surface area contributed by atoms with Crippen molar-refractivity contribution in [3.63, 3.8) is 0 Å². The zero-order chi connectivity index (χ0) is 18.4. The highest BCUT2D eigenvalue weighted by Crippen LogP contribution is 2.18. The van der Waals surface area contributed by atoms with Crippen molar-refractivity contribution in [3.05, 3.63) is 35.6 Å². The zero-order valence-electron chi connectivity index (χ0n) is 15.3. The van der Waals surface area contributed by atoms with Gasteiger partial charge in [0.2, 0.25) is 5.91 Å². The lowest BCUT2D eigenvalue weighted by Crippen LogP contribution is -2.55. The number of nitrogens with one attached hydrogen (secondary N) is 1. The van der Waals surface area contributed by atoms with Crippen molar-refractivity contribution in [3.8, 4) is 0 Å². The Balaban J connectivity index is 1.68. The fourth-order valence-electron chi connectivity index (χ4n) is 2.88. The number of hydrogen-bond donors (Lipinski definition) is 1. The Hall–Kier alpha value is -2.11. The number of amides is 3. The van der Waals surface area contributed by atoms with Crippen molar-refractivity contribution in [2.75, 3.05) is 32.7 Å². The van der Waals surface area contributed by atoms with Crippen LogP contribution in [0.25, 0.3) is 0 Å². The van der Waals surface area contributed by atoms with E-state index in [0.29, 0.717) is 32.7 Å².